The number of aromatic hydroxyl groups is 1. The number of halogens is 1. The van der Waals surface area contributed by atoms with Crippen LogP contribution in [0.25, 0.3) is 0 Å². The molecule has 1 amide bonds. The van der Waals surface area contributed by atoms with E-state index in [4.69, 9.17) is 16.7 Å². The average molecular weight is 256 g/mol. The first-order valence-electron chi connectivity index (χ1n) is 4.61. The zero-order valence-corrected chi connectivity index (χ0v) is 9.65. The van der Waals surface area contributed by atoms with E-state index in [1.165, 1.54) is 25.1 Å². The zero-order valence-electron chi connectivity index (χ0n) is 8.90. The molecule has 17 heavy (non-hydrogen) atoms. The fourth-order valence-corrected chi connectivity index (χ4v) is 1.21. The van der Waals surface area contributed by atoms with E-state index in [1.54, 1.807) is 0 Å². The predicted molar refractivity (Wildman–Crippen MR) is 63.1 cm³/mol. The van der Waals surface area contributed by atoms with E-state index >= 15 is 0 Å². The number of nitrogens with one attached hydrogen (secondary N) is 1. The molecular formula is C11H10ClNO4. The van der Waals surface area contributed by atoms with Gasteiger partial charge in [-0.05, 0) is 25.1 Å². The molecule has 0 saturated carbocycles. The number of hydrogen-bond donors (Lipinski definition) is 3. The molecule has 0 aliphatic carbocycles. The van der Waals surface area contributed by atoms with Gasteiger partial charge in [0.1, 0.15) is 5.75 Å². The van der Waals surface area contributed by atoms with Crippen LogP contribution >= 0.6 is 11.6 Å². The molecule has 0 fully saturated rings. The number of benzene rings is 1. The molecule has 0 aliphatic heterocycles. The second-order valence-corrected chi connectivity index (χ2v) is 3.72. The summed E-state index contributed by atoms with van der Waals surface area (Å²) < 4.78 is 0. The smallest absolute Gasteiger partial charge is 0.331 e. The van der Waals surface area contributed by atoms with Crippen molar-refractivity contribution in [3.05, 3.63) is 34.9 Å². The maximum absolute atomic E-state index is 11.4. The molecule has 0 radical (unpaired) electrons. The Kier molecular flexibility index (Phi) is 4.12. The van der Waals surface area contributed by atoms with Gasteiger partial charge in [0.25, 0.3) is 0 Å². The number of anilines is 1. The molecule has 0 unspecified atom stereocenters. The molecule has 6 heteroatoms. The lowest BCUT2D eigenvalue weighted by molar-refractivity contribution is -0.132. The number of rotatable bonds is 3. The van der Waals surface area contributed by atoms with Crippen molar-refractivity contribution in [1.82, 2.24) is 0 Å². The van der Waals surface area contributed by atoms with Crippen LogP contribution in [0.3, 0.4) is 0 Å². The summed E-state index contributed by atoms with van der Waals surface area (Å²) in [6.45, 7) is 1.29. The molecule has 1 aromatic carbocycles. The Labute approximate surface area is 102 Å². The summed E-state index contributed by atoms with van der Waals surface area (Å²) in [4.78, 5) is 21.9. The number of hydrogen-bond acceptors (Lipinski definition) is 3. The van der Waals surface area contributed by atoms with Crippen LogP contribution in [0, 0.1) is 0 Å². The van der Waals surface area contributed by atoms with E-state index in [2.05, 4.69) is 5.32 Å². The first-order valence-corrected chi connectivity index (χ1v) is 4.99. The molecule has 1 rings (SSSR count). The van der Waals surface area contributed by atoms with Crippen LogP contribution in [0.15, 0.2) is 29.8 Å². The van der Waals surface area contributed by atoms with Gasteiger partial charge in [0.2, 0.25) is 5.91 Å². The predicted octanol–water partition coefficient (Wildman–Crippen LogP) is 2.01. The first kappa shape index (κ1) is 13.1. The SMILES string of the molecule is C/C(=C\C(=O)Nc1cc(Cl)ccc1O)C(=O)O. The van der Waals surface area contributed by atoms with E-state index in [-0.39, 0.29) is 17.0 Å². The van der Waals surface area contributed by atoms with Crippen LogP contribution in [0.4, 0.5) is 5.69 Å². The summed E-state index contributed by atoms with van der Waals surface area (Å²) in [5.74, 6) is -1.98. The van der Waals surface area contributed by atoms with Gasteiger partial charge in [-0.15, -0.1) is 0 Å². The van der Waals surface area contributed by atoms with Crippen LogP contribution in [-0.4, -0.2) is 22.1 Å². The fraction of sp³-hybridized carbons (Fsp3) is 0.0909. The molecule has 0 spiro atoms. The van der Waals surface area contributed by atoms with Crippen molar-refractivity contribution in [3.63, 3.8) is 0 Å². The largest absolute Gasteiger partial charge is 0.506 e. The fourth-order valence-electron chi connectivity index (χ4n) is 1.04. The summed E-state index contributed by atoms with van der Waals surface area (Å²) in [6, 6.07) is 4.15. The first-order chi connectivity index (χ1) is 7.90. The maximum atomic E-state index is 11.4. The van der Waals surface area contributed by atoms with Crippen molar-refractivity contribution >= 4 is 29.2 Å². The molecule has 0 aliphatic rings. The van der Waals surface area contributed by atoms with E-state index in [1.807, 2.05) is 0 Å². The van der Waals surface area contributed by atoms with E-state index in [0.29, 0.717) is 5.02 Å². The summed E-state index contributed by atoms with van der Waals surface area (Å²) in [7, 11) is 0. The summed E-state index contributed by atoms with van der Waals surface area (Å²) in [5.41, 5.74) is 0.0148. The van der Waals surface area contributed by atoms with Crippen LogP contribution < -0.4 is 5.32 Å². The highest BCUT2D eigenvalue weighted by Gasteiger charge is 2.07. The molecule has 0 aromatic heterocycles. The van der Waals surface area contributed by atoms with Gasteiger partial charge >= 0.3 is 5.97 Å². The van der Waals surface area contributed by atoms with Gasteiger partial charge in [-0.2, -0.15) is 0 Å². The number of carbonyl (C=O) groups excluding carboxylic acids is 1. The number of carboxylic acids is 1. The van der Waals surface area contributed by atoms with Crippen LogP contribution in [0.5, 0.6) is 5.75 Å². The van der Waals surface area contributed by atoms with Crippen LogP contribution in [-0.2, 0) is 9.59 Å². The summed E-state index contributed by atoms with van der Waals surface area (Å²) >= 11 is 5.68. The van der Waals surface area contributed by atoms with Gasteiger partial charge in [-0.3, -0.25) is 4.79 Å². The zero-order chi connectivity index (χ0) is 13.0. The Hall–Kier alpha value is -2.01. The topological polar surface area (TPSA) is 86.6 Å². The number of amides is 1. The van der Waals surface area contributed by atoms with Crippen molar-refractivity contribution in [3.8, 4) is 5.75 Å². The van der Waals surface area contributed by atoms with E-state index in [9.17, 15) is 14.7 Å². The molecule has 0 bridgehead atoms. The molecule has 0 atom stereocenters. The van der Waals surface area contributed by atoms with Gasteiger partial charge in [0.15, 0.2) is 0 Å². The standard InChI is InChI=1S/C11H10ClNO4/c1-6(11(16)17)4-10(15)13-8-5-7(12)2-3-9(8)14/h2-5,14H,1H3,(H,13,15)(H,16,17)/b6-4+. The Balaban J connectivity index is 2.85. The van der Waals surface area contributed by atoms with Crippen LogP contribution in [0.1, 0.15) is 6.92 Å². The summed E-state index contributed by atoms with van der Waals surface area (Å²) in [5, 5.41) is 20.7. The molecule has 3 N–H and O–H groups in total. The van der Waals surface area contributed by atoms with Gasteiger partial charge in [-0.25, -0.2) is 4.79 Å². The Bertz CT molecular complexity index is 496. The van der Waals surface area contributed by atoms with Crippen molar-refractivity contribution in [2.45, 2.75) is 6.92 Å². The average Bonchev–Trinajstić information content (AvgIpc) is 2.23. The minimum Gasteiger partial charge on any atom is -0.506 e. The lowest BCUT2D eigenvalue weighted by Gasteiger charge is -2.05. The quantitative estimate of drug-likeness (QED) is 0.570. The highest BCUT2D eigenvalue weighted by atomic mass is 35.5. The monoisotopic (exact) mass is 255 g/mol. The summed E-state index contributed by atoms with van der Waals surface area (Å²) in [6.07, 6.45) is 0.919. The number of phenolic OH excluding ortho intramolecular Hbond substituents is 1. The van der Waals surface area contributed by atoms with Crippen molar-refractivity contribution < 1.29 is 19.8 Å². The van der Waals surface area contributed by atoms with Gasteiger partial charge in [0.05, 0.1) is 5.69 Å². The number of carbonyl (C=O) groups is 2. The maximum Gasteiger partial charge on any atom is 0.331 e. The van der Waals surface area contributed by atoms with Crippen molar-refractivity contribution in [1.29, 1.82) is 0 Å². The van der Waals surface area contributed by atoms with Crippen molar-refractivity contribution in [2.24, 2.45) is 0 Å². The van der Waals surface area contributed by atoms with Gasteiger partial charge in [0, 0.05) is 16.7 Å². The van der Waals surface area contributed by atoms with Gasteiger partial charge in [-0.1, -0.05) is 11.6 Å². The minimum absolute atomic E-state index is 0.107. The normalized spacial score (nSPS) is 11.1. The number of phenols is 1. The molecule has 0 heterocycles. The van der Waals surface area contributed by atoms with Gasteiger partial charge < -0.3 is 15.5 Å². The minimum atomic E-state index is -1.18. The highest BCUT2D eigenvalue weighted by Crippen LogP contribution is 2.26. The third kappa shape index (κ3) is 3.81. The Morgan fingerprint density at radius 2 is 2.06 bits per heavy atom. The third-order valence-corrected chi connectivity index (χ3v) is 2.14. The van der Waals surface area contributed by atoms with E-state index in [0.717, 1.165) is 6.08 Å². The Morgan fingerprint density at radius 3 is 2.65 bits per heavy atom. The lowest BCUT2D eigenvalue weighted by atomic mass is 10.2. The van der Waals surface area contributed by atoms with E-state index < -0.39 is 11.9 Å². The Morgan fingerprint density at radius 1 is 1.41 bits per heavy atom. The second-order valence-electron chi connectivity index (χ2n) is 3.28. The van der Waals surface area contributed by atoms with Crippen LogP contribution in [0.2, 0.25) is 5.02 Å². The highest BCUT2D eigenvalue weighted by molar-refractivity contribution is 6.31. The second kappa shape index (κ2) is 5.36. The molecular weight excluding hydrogens is 246 g/mol. The van der Waals surface area contributed by atoms with Crippen molar-refractivity contribution in [2.75, 3.05) is 5.32 Å². The molecule has 90 valence electrons. The molecule has 0 saturated heterocycles. The lowest BCUT2D eigenvalue weighted by Crippen LogP contribution is -2.10. The third-order valence-electron chi connectivity index (χ3n) is 1.90. The number of carboxylic acid groups (broad SMARTS) is 1. The number of aliphatic carboxylic acids is 1. The molecule has 1 aromatic rings. The molecule has 5 nitrogen and oxygen atoms in total.